The van der Waals surface area contributed by atoms with E-state index in [1.54, 1.807) is 0 Å². The quantitative estimate of drug-likeness (QED) is 0.610. The second kappa shape index (κ2) is 2.94. The molecular formula is C9H14N2OS. The number of carbonyl (C=O) groups is 1. The molecule has 2 bridgehead atoms. The molecule has 0 aromatic rings. The van der Waals surface area contributed by atoms with Gasteiger partial charge in [-0.25, -0.2) is 0 Å². The van der Waals surface area contributed by atoms with Crippen LogP contribution in [0.25, 0.3) is 0 Å². The van der Waals surface area contributed by atoms with Crippen LogP contribution in [0, 0.1) is 5.92 Å². The summed E-state index contributed by atoms with van der Waals surface area (Å²) in [6.07, 6.45) is 6.00. The normalized spacial score (nSPS) is 36.2. The Labute approximate surface area is 83.1 Å². The second-order valence-electron chi connectivity index (χ2n) is 4.25. The Balaban J connectivity index is 2.01. The van der Waals surface area contributed by atoms with Crippen LogP contribution < -0.4 is 11.1 Å². The number of hydrogen-bond acceptors (Lipinski definition) is 2. The van der Waals surface area contributed by atoms with Crippen LogP contribution in [-0.4, -0.2) is 16.4 Å². The summed E-state index contributed by atoms with van der Waals surface area (Å²) in [4.78, 5) is 11.0. The summed E-state index contributed by atoms with van der Waals surface area (Å²) in [7, 11) is 0. The molecule has 0 heterocycles. The highest BCUT2D eigenvalue weighted by atomic mass is 32.1. The molecule has 2 aliphatic rings. The van der Waals surface area contributed by atoms with Gasteiger partial charge in [0.05, 0.1) is 0 Å². The molecule has 72 valence electrons. The van der Waals surface area contributed by atoms with Crippen molar-refractivity contribution >= 4 is 23.1 Å². The largest absolute Gasteiger partial charge is 0.366 e. The summed E-state index contributed by atoms with van der Waals surface area (Å²) >= 11 is 4.89. The second-order valence-corrected chi connectivity index (χ2v) is 4.65. The molecule has 0 spiro atoms. The number of amides is 1. The van der Waals surface area contributed by atoms with Crippen LogP contribution in [0.4, 0.5) is 0 Å². The SMILES string of the molecule is NC(=O)C(=S)NC12CCC(CC1)C2. The first-order valence-corrected chi connectivity index (χ1v) is 5.14. The van der Waals surface area contributed by atoms with Crippen LogP contribution in [0.3, 0.4) is 0 Å². The highest BCUT2D eigenvalue weighted by molar-refractivity contribution is 7.82. The molecule has 3 N–H and O–H groups in total. The highest BCUT2D eigenvalue weighted by Gasteiger charge is 2.45. The van der Waals surface area contributed by atoms with Gasteiger partial charge in [-0.1, -0.05) is 12.2 Å². The third kappa shape index (κ3) is 1.55. The topological polar surface area (TPSA) is 55.1 Å². The van der Waals surface area contributed by atoms with E-state index in [0.717, 1.165) is 18.8 Å². The van der Waals surface area contributed by atoms with Gasteiger partial charge in [0, 0.05) is 5.54 Å². The van der Waals surface area contributed by atoms with E-state index < -0.39 is 5.91 Å². The van der Waals surface area contributed by atoms with Gasteiger partial charge >= 0.3 is 0 Å². The van der Waals surface area contributed by atoms with E-state index in [1.165, 1.54) is 19.3 Å². The lowest BCUT2D eigenvalue weighted by molar-refractivity contribution is -0.112. The first-order valence-electron chi connectivity index (χ1n) is 4.73. The van der Waals surface area contributed by atoms with Crippen LogP contribution in [0.15, 0.2) is 0 Å². The van der Waals surface area contributed by atoms with Gasteiger partial charge in [-0.2, -0.15) is 0 Å². The van der Waals surface area contributed by atoms with Crippen LogP contribution >= 0.6 is 12.2 Å². The Bertz CT molecular complexity index is 256. The molecule has 13 heavy (non-hydrogen) atoms. The fourth-order valence-corrected chi connectivity index (χ4v) is 2.89. The van der Waals surface area contributed by atoms with Crippen LogP contribution in [-0.2, 0) is 4.79 Å². The Morgan fingerprint density at radius 2 is 2.08 bits per heavy atom. The molecule has 2 fully saturated rings. The van der Waals surface area contributed by atoms with Crippen molar-refractivity contribution in [3.05, 3.63) is 0 Å². The predicted molar refractivity (Wildman–Crippen MR) is 54.2 cm³/mol. The zero-order chi connectivity index (χ0) is 9.47. The van der Waals surface area contributed by atoms with E-state index in [9.17, 15) is 4.79 Å². The lowest BCUT2D eigenvalue weighted by Crippen LogP contribution is -2.48. The molecule has 2 saturated carbocycles. The van der Waals surface area contributed by atoms with Crippen LogP contribution in [0.1, 0.15) is 32.1 Å². The van der Waals surface area contributed by atoms with Gasteiger partial charge in [0.1, 0.15) is 0 Å². The van der Waals surface area contributed by atoms with Gasteiger partial charge < -0.3 is 11.1 Å². The summed E-state index contributed by atoms with van der Waals surface area (Å²) in [6.45, 7) is 0. The molecule has 0 atom stereocenters. The van der Waals surface area contributed by atoms with Crippen molar-refractivity contribution in [2.24, 2.45) is 11.7 Å². The molecule has 0 radical (unpaired) electrons. The third-order valence-electron chi connectivity index (χ3n) is 3.34. The maximum Gasteiger partial charge on any atom is 0.276 e. The summed E-state index contributed by atoms with van der Waals surface area (Å²) in [5.41, 5.74) is 5.22. The number of fused-ring (bicyclic) bond motifs is 2. The van der Waals surface area contributed by atoms with Gasteiger partial charge in [0.25, 0.3) is 5.91 Å². The number of thiocarbonyl (C=S) groups is 1. The van der Waals surface area contributed by atoms with E-state index in [1.807, 2.05) is 0 Å². The van der Waals surface area contributed by atoms with Gasteiger partial charge in [0.15, 0.2) is 4.99 Å². The van der Waals surface area contributed by atoms with E-state index in [0.29, 0.717) is 0 Å². The van der Waals surface area contributed by atoms with Crippen molar-refractivity contribution in [1.29, 1.82) is 0 Å². The number of nitrogens with two attached hydrogens (primary N) is 1. The van der Waals surface area contributed by atoms with Crippen molar-refractivity contribution in [1.82, 2.24) is 5.32 Å². The number of hydrogen-bond donors (Lipinski definition) is 2. The van der Waals surface area contributed by atoms with Crippen LogP contribution in [0.5, 0.6) is 0 Å². The van der Waals surface area contributed by atoms with Crippen molar-refractivity contribution in [2.75, 3.05) is 0 Å². The first kappa shape index (κ1) is 8.94. The predicted octanol–water partition coefficient (Wildman–Crippen LogP) is 0.721. The Hall–Kier alpha value is -0.640. The summed E-state index contributed by atoms with van der Waals surface area (Å²) < 4.78 is 0. The number of primary amides is 1. The molecule has 4 heteroatoms. The zero-order valence-electron chi connectivity index (χ0n) is 7.51. The number of carbonyl (C=O) groups excluding carboxylic acids is 1. The van der Waals surface area contributed by atoms with Crippen molar-refractivity contribution in [3.63, 3.8) is 0 Å². The fourth-order valence-electron chi connectivity index (χ4n) is 2.67. The number of rotatable bonds is 1. The first-order chi connectivity index (χ1) is 6.11. The Kier molecular flexibility index (Phi) is 2.02. The minimum Gasteiger partial charge on any atom is -0.366 e. The Morgan fingerprint density at radius 1 is 1.46 bits per heavy atom. The molecule has 2 aliphatic carbocycles. The van der Waals surface area contributed by atoms with E-state index >= 15 is 0 Å². The lowest BCUT2D eigenvalue weighted by atomic mass is 9.94. The standard InChI is InChI=1S/C9H14N2OS/c10-7(12)8(13)11-9-3-1-6(5-9)2-4-9/h6H,1-5H2,(H2,10,12)(H,11,13). The molecule has 3 nitrogen and oxygen atoms in total. The lowest BCUT2D eigenvalue weighted by Gasteiger charge is -2.28. The molecular weight excluding hydrogens is 184 g/mol. The van der Waals surface area contributed by atoms with Crippen molar-refractivity contribution < 1.29 is 4.79 Å². The van der Waals surface area contributed by atoms with Crippen molar-refractivity contribution in [2.45, 2.75) is 37.6 Å². The molecule has 0 aliphatic heterocycles. The van der Waals surface area contributed by atoms with E-state index in [-0.39, 0.29) is 10.5 Å². The minimum atomic E-state index is -0.500. The van der Waals surface area contributed by atoms with E-state index in [4.69, 9.17) is 18.0 Å². The van der Waals surface area contributed by atoms with E-state index in [2.05, 4.69) is 5.32 Å². The van der Waals surface area contributed by atoms with Gasteiger partial charge in [-0.3, -0.25) is 4.79 Å². The summed E-state index contributed by atoms with van der Waals surface area (Å²) in [5.74, 6) is 0.350. The molecule has 2 rings (SSSR count). The molecule has 0 aromatic heterocycles. The minimum absolute atomic E-state index is 0.122. The van der Waals surface area contributed by atoms with Gasteiger partial charge in [0.2, 0.25) is 0 Å². The maximum absolute atomic E-state index is 10.8. The molecule has 0 unspecified atom stereocenters. The molecule has 0 aromatic carbocycles. The van der Waals surface area contributed by atoms with Crippen molar-refractivity contribution in [3.8, 4) is 0 Å². The van der Waals surface area contributed by atoms with Gasteiger partial charge in [-0.15, -0.1) is 0 Å². The Morgan fingerprint density at radius 3 is 2.46 bits per heavy atom. The summed E-state index contributed by atoms with van der Waals surface area (Å²) in [5, 5.41) is 3.14. The monoisotopic (exact) mass is 198 g/mol. The van der Waals surface area contributed by atoms with Gasteiger partial charge in [-0.05, 0) is 38.0 Å². The smallest absolute Gasteiger partial charge is 0.276 e. The third-order valence-corrected chi connectivity index (χ3v) is 3.65. The number of nitrogens with one attached hydrogen (secondary N) is 1. The highest BCUT2D eigenvalue weighted by Crippen LogP contribution is 2.47. The molecule has 0 saturated heterocycles. The average molecular weight is 198 g/mol. The molecule has 1 amide bonds. The average Bonchev–Trinajstić information content (AvgIpc) is 2.62. The zero-order valence-corrected chi connectivity index (χ0v) is 8.32. The van der Waals surface area contributed by atoms with Crippen LogP contribution in [0.2, 0.25) is 0 Å². The maximum atomic E-state index is 10.8. The fraction of sp³-hybridized carbons (Fsp3) is 0.778. The summed E-state index contributed by atoms with van der Waals surface area (Å²) in [6, 6.07) is 0.